The molecule has 0 unspecified atom stereocenters. The normalized spacial score (nSPS) is 18.5. The Morgan fingerprint density at radius 3 is 1.40 bits per heavy atom. The maximum atomic E-state index is 14.2. The van der Waals surface area contributed by atoms with Crippen molar-refractivity contribution < 1.29 is 36.2 Å². The summed E-state index contributed by atoms with van der Waals surface area (Å²) in [6, 6.07) is 10.4. The minimum absolute atomic E-state index is 0.0877. The third kappa shape index (κ3) is 14.5. The summed E-state index contributed by atoms with van der Waals surface area (Å²) in [6.45, 7) is 11.2. The minimum Gasteiger partial charge on any atom is -0.413 e. The Hall–Kier alpha value is -3.27. The first-order valence-electron chi connectivity index (χ1n) is 19.4. The van der Waals surface area contributed by atoms with Gasteiger partial charge in [-0.05, 0) is 130 Å². The summed E-state index contributed by atoms with van der Waals surface area (Å²) in [7, 11) is -0.742. The van der Waals surface area contributed by atoms with E-state index in [2.05, 4.69) is 91.6 Å². The van der Waals surface area contributed by atoms with Crippen molar-refractivity contribution in [3.05, 3.63) is 117 Å². The van der Waals surface area contributed by atoms with Crippen LogP contribution < -0.4 is 0 Å². The molecule has 4 heterocycles. The Kier molecular flexibility index (Phi) is 17.2. The topological polar surface area (TPSA) is 88.5 Å². The van der Waals surface area contributed by atoms with Crippen LogP contribution in [0.25, 0.3) is 22.5 Å². The molecule has 16 heteroatoms. The van der Waals surface area contributed by atoms with E-state index in [9.17, 15) is 17.6 Å². The second-order valence-electron chi connectivity index (χ2n) is 16.0. The lowest BCUT2D eigenvalue weighted by molar-refractivity contribution is 0.00624. The largest absolute Gasteiger partial charge is 0.488 e. The number of halogens is 6. The molecule has 0 amide bonds. The van der Waals surface area contributed by atoms with Crippen LogP contribution in [0.3, 0.4) is 0 Å². The van der Waals surface area contributed by atoms with Gasteiger partial charge in [0.1, 0.15) is 11.6 Å². The van der Waals surface area contributed by atoms with Gasteiger partial charge >= 0.3 is 14.0 Å². The van der Waals surface area contributed by atoms with Crippen LogP contribution in [0, 0.1) is 34.1 Å². The van der Waals surface area contributed by atoms with Crippen molar-refractivity contribution >= 4 is 57.0 Å². The van der Waals surface area contributed by atoms with Gasteiger partial charge < -0.3 is 18.6 Å². The second kappa shape index (κ2) is 21.8. The molecule has 2 aliphatic carbocycles. The molecule has 4 aliphatic rings. The molecule has 2 aromatic carbocycles. The molecular weight excluding hydrogens is 882 g/mol. The standard InChI is InChI=1S/C16H14F2N2.C12H12BrF.C10H20B2O4.C4H2BrFN2/c17-13-9-19-16(20-10-13)14-7-6-12(8-15(14)18)11-4-2-1-3-5-11;13-11-7-6-10(8-12(11)14)9-4-2-1-3-5-9;1-9(2)5-13-11(14-6-9)12-15-7-10(3,4)8-16-12;5-4-7-1-3(6)2-8-4/h4,6-10H,1-3,5H2;4,6-8H,1-3,5H2;5-8H2,1-4H3;1-2H. The Morgan fingerprint density at radius 1 is 0.569 bits per heavy atom. The van der Waals surface area contributed by atoms with Crippen molar-refractivity contribution in [3.63, 3.8) is 0 Å². The highest BCUT2D eigenvalue weighted by Crippen LogP contribution is 2.31. The second-order valence-corrected chi connectivity index (χ2v) is 17.5. The van der Waals surface area contributed by atoms with E-state index in [1.807, 2.05) is 12.1 Å². The van der Waals surface area contributed by atoms with E-state index >= 15 is 0 Å². The number of rotatable bonds is 4. The summed E-state index contributed by atoms with van der Waals surface area (Å²) in [5.74, 6) is -1.30. The van der Waals surface area contributed by atoms with E-state index in [0.717, 1.165) is 68.0 Å². The maximum absolute atomic E-state index is 14.2. The van der Waals surface area contributed by atoms with Crippen molar-refractivity contribution in [1.29, 1.82) is 0 Å². The molecule has 0 saturated carbocycles. The fourth-order valence-electron chi connectivity index (χ4n) is 6.27. The monoisotopic (exact) mass is 928 g/mol. The van der Waals surface area contributed by atoms with Crippen LogP contribution >= 0.6 is 31.9 Å². The van der Waals surface area contributed by atoms with Crippen LogP contribution in [-0.4, -0.2) is 60.4 Å². The molecule has 2 fully saturated rings. The Morgan fingerprint density at radius 2 is 1.00 bits per heavy atom. The van der Waals surface area contributed by atoms with E-state index in [0.29, 0.717) is 41.2 Å². The highest BCUT2D eigenvalue weighted by Gasteiger charge is 2.47. The molecule has 0 atom stereocenters. The predicted octanol–water partition coefficient (Wildman–Crippen LogP) is 11.5. The van der Waals surface area contributed by atoms with Crippen molar-refractivity contribution in [2.24, 2.45) is 10.8 Å². The molecule has 2 aromatic heterocycles. The average molecular weight is 930 g/mol. The van der Waals surface area contributed by atoms with Crippen LogP contribution in [0.15, 0.2) is 82.5 Å². The molecule has 0 radical (unpaired) electrons. The molecule has 58 heavy (non-hydrogen) atoms. The lowest BCUT2D eigenvalue weighted by atomic mass is 9.47. The third-order valence-corrected chi connectivity index (χ3v) is 10.5. The third-order valence-electron chi connectivity index (χ3n) is 9.44. The van der Waals surface area contributed by atoms with Crippen molar-refractivity contribution in [2.75, 3.05) is 26.4 Å². The number of nitrogens with zero attached hydrogens (tertiary/aromatic N) is 4. The summed E-state index contributed by atoms with van der Waals surface area (Å²) >= 11 is 6.12. The molecule has 8 nitrogen and oxygen atoms in total. The fourth-order valence-corrected chi connectivity index (χ4v) is 6.72. The molecular formula is C42H48B2Br2F4N4O4. The summed E-state index contributed by atoms with van der Waals surface area (Å²) in [5, 5.41) is 0. The highest BCUT2D eigenvalue weighted by molar-refractivity contribution is 9.10. The Bertz CT molecular complexity index is 1940. The summed E-state index contributed by atoms with van der Waals surface area (Å²) in [4.78, 5) is 14.6. The first-order chi connectivity index (χ1) is 27.7. The van der Waals surface area contributed by atoms with Gasteiger partial charge in [0.15, 0.2) is 22.2 Å². The molecule has 2 aliphatic heterocycles. The zero-order valence-electron chi connectivity index (χ0n) is 33.3. The van der Waals surface area contributed by atoms with E-state index < -0.39 is 11.6 Å². The molecule has 0 N–H and O–H groups in total. The van der Waals surface area contributed by atoms with E-state index in [1.165, 1.54) is 36.5 Å². The van der Waals surface area contributed by atoms with Gasteiger partial charge in [-0.1, -0.05) is 52.0 Å². The van der Waals surface area contributed by atoms with Gasteiger partial charge in [-0.15, -0.1) is 0 Å². The fraction of sp³-hybridized carbons (Fsp3) is 0.429. The molecule has 8 rings (SSSR count). The average Bonchev–Trinajstić information content (AvgIpc) is 3.22. The van der Waals surface area contributed by atoms with Gasteiger partial charge in [0.25, 0.3) is 0 Å². The van der Waals surface area contributed by atoms with Crippen LogP contribution in [-0.2, 0) is 18.6 Å². The zero-order chi connectivity index (χ0) is 41.7. The lowest BCUT2D eigenvalue weighted by Gasteiger charge is -2.38. The summed E-state index contributed by atoms with van der Waals surface area (Å²) < 4.78 is 75.6. The highest BCUT2D eigenvalue weighted by atomic mass is 79.9. The number of aromatic nitrogens is 4. The predicted molar refractivity (Wildman–Crippen MR) is 227 cm³/mol. The van der Waals surface area contributed by atoms with Gasteiger partial charge in [-0.3, -0.25) is 0 Å². The number of hydrogen-bond donors (Lipinski definition) is 0. The van der Waals surface area contributed by atoms with Crippen LogP contribution in [0.2, 0.25) is 0 Å². The number of benzene rings is 2. The SMILES string of the molecule is CC1(C)COB(B2OCC(C)(C)CO2)OC1.Fc1cc(C2=CCCCC2)ccc1Br.Fc1cnc(-c2ccc(C3=CCCCC3)cc2F)nc1.Fc1cnc(Br)nc1. The molecule has 0 bridgehead atoms. The lowest BCUT2D eigenvalue weighted by Crippen LogP contribution is -2.56. The first kappa shape index (κ1) is 45.8. The van der Waals surface area contributed by atoms with Crippen molar-refractivity contribution in [1.82, 2.24) is 19.9 Å². The van der Waals surface area contributed by atoms with Crippen molar-refractivity contribution in [3.8, 4) is 11.4 Å². The molecule has 2 saturated heterocycles. The van der Waals surface area contributed by atoms with Gasteiger partial charge in [0.05, 0.1) is 34.8 Å². The quantitative estimate of drug-likeness (QED) is 0.114. The molecule has 0 spiro atoms. The van der Waals surface area contributed by atoms with Gasteiger partial charge in [0.2, 0.25) is 0 Å². The molecule has 4 aromatic rings. The van der Waals surface area contributed by atoms with Gasteiger partial charge in [-0.25, -0.2) is 37.5 Å². The zero-order valence-corrected chi connectivity index (χ0v) is 36.4. The van der Waals surface area contributed by atoms with E-state index in [4.69, 9.17) is 18.6 Å². The van der Waals surface area contributed by atoms with Crippen LogP contribution in [0.4, 0.5) is 17.6 Å². The van der Waals surface area contributed by atoms with Gasteiger partial charge in [0, 0.05) is 37.3 Å². The van der Waals surface area contributed by atoms with E-state index in [1.54, 1.807) is 18.2 Å². The Labute approximate surface area is 356 Å². The number of allylic oxidation sites excluding steroid dienone is 4. The molecule has 308 valence electrons. The maximum Gasteiger partial charge on any atom is 0.488 e. The summed E-state index contributed by atoms with van der Waals surface area (Å²) in [6.07, 6.45) is 17.8. The first-order valence-corrected chi connectivity index (χ1v) is 21.0. The number of hydrogen-bond acceptors (Lipinski definition) is 8. The van der Waals surface area contributed by atoms with Crippen LogP contribution in [0.5, 0.6) is 0 Å². The van der Waals surface area contributed by atoms with Crippen molar-refractivity contribution in [2.45, 2.75) is 79.1 Å². The Balaban J connectivity index is 0.000000153. The minimum atomic E-state index is -0.530. The smallest absolute Gasteiger partial charge is 0.413 e. The summed E-state index contributed by atoms with van der Waals surface area (Å²) in [5.41, 5.74) is 4.91. The van der Waals surface area contributed by atoms with E-state index in [-0.39, 0.29) is 42.3 Å². The van der Waals surface area contributed by atoms with Crippen LogP contribution in [0.1, 0.15) is 90.2 Å². The van der Waals surface area contributed by atoms with Gasteiger partial charge in [-0.2, -0.15) is 0 Å².